The summed E-state index contributed by atoms with van der Waals surface area (Å²) in [6.07, 6.45) is 11.0. The van der Waals surface area contributed by atoms with Crippen molar-refractivity contribution in [1.82, 2.24) is 5.32 Å². The molecule has 0 radical (unpaired) electrons. The van der Waals surface area contributed by atoms with Crippen molar-refractivity contribution >= 4 is 5.78 Å². The molecule has 3 aliphatic rings. The van der Waals surface area contributed by atoms with E-state index in [1.807, 2.05) is 0 Å². The zero-order chi connectivity index (χ0) is 22.8. The highest BCUT2D eigenvalue weighted by atomic mass is 16.1. The van der Waals surface area contributed by atoms with Crippen LogP contribution in [0, 0.1) is 36.5 Å². The van der Waals surface area contributed by atoms with Crippen LogP contribution in [0.25, 0.3) is 0 Å². The van der Waals surface area contributed by atoms with Gasteiger partial charge in [0.25, 0.3) is 0 Å². The third-order valence-electron chi connectivity index (χ3n) is 8.29. The number of allylic oxidation sites excluding steroid dienone is 2. The molecule has 0 spiro atoms. The van der Waals surface area contributed by atoms with E-state index < -0.39 is 0 Å². The third-order valence-corrected chi connectivity index (χ3v) is 8.29. The smallest absolute Gasteiger partial charge is 0.149 e. The lowest BCUT2D eigenvalue weighted by Crippen LogP contribution is -2.37. The molecule has 0 bridgehead atoms. The Kier molecular flexibility index (Phi) is 7.27. The van der Waals surface area contributed by atoms with Crippen LogP contribution in [0.4, 0.5) is 0 Å². The lowest BCUT2D eigenvalue weighted by atomic mass is 9.69. The summed E-state index contributed by atoms with van der Waals surface area (Å²) in [4.78, 5) is 13.5. The molecule has 1 aliphatic heterocycles. The number of nitrogens with one attached hydrogen (secondary N) is 1. The van der Waals surface area contributed by atoms with E-state index in [4.69, 9.17) is 0 Å². The van der Waals surface area contributed by atoms with Crippen molar-refractivity contribution in [3.05, 3.63) is 58.8 Å². The van der Waals surface area contributed by atoms with Crippen LogP contribution in [0.5, 0.6) is 0 Å². The van der Waals surface area contributed by atoms with Gasteiger partial charge in [0.1, 0.15) is 5.78 Å². The normalized spacial score (nSPS) is 28.9. The number of ketones is 1. The third kappa shape index (κ3) is 4.75. The Hall–Kier alpha value is -1.83. The van der Waals surface area contributed by atoms with Gasteiger partial charge in [0.2, 0.25) is 0 Å². The number of benzene rings is 1. The summed E-state index contributed by atoms with van der Waals surface area (Å²) < 4.78 is 0. The average molecular weight is 434 g/mol. The molecule has 2 nitrogen and oxygen atoms in total. The predicted octanol–water partition coefficient (Wildman–Crippen LogP) is 7.18. The second-order valence-electron chi connectivity index (χ2n) is 11.2. The number of carbonyl (C=O) groups is 1. The molecule has 1 aromatic carbocycles. The highest BCUT2D eigenvalue weighted by molar-refractivity contribution is 5.92. The molecule has 4 atom stereocenters. The monoisotopic (exact) mass is 433 g/mol. The summed E-state index contributed by atoms with van der Waals surface area (Å²) in [6.45, 7) is 13.3. The van der Waals surface area contributed by atoms with Crippen molar-refractivity contribution in [2.75, 3.05) is 0 Å². The quantitative estimate of drug-likeness (QED) is 0.493. The topological polar surface area (TPSA) is 29.1 Å². The van der Waals surface area contributed by atoms with Crippen molar-refractivity contribution < 1.29 is 4.79 Å². The van der Waals surface area contributed by atoms with Crippen molar-refractivity contribution in [2.45, 2.75) is 91.5 Å². The van der Waals surface area contributed by atoms with Gasteiger partial charge in [-0.3, -0.25) is 4.79 Å². The molecular weight excluding hydrogens is 390 g/mol. The molecule has 2 heteroatoms. The van der Waals surface area contributed by atoms with E-state index in [0.29, 0.717) is 23.7 Å². The zero-order valence-electron chi connectivity index (χ0n) is 20.8. The second kappa shape index (κ2) is 9.98. The first kappa shape index (κ1) is 23.3. The average Bonchev–Trinajstić information content (AvgIpc) is 3.11. The van der Waals surface area contributed by atoms with Crippen LogP contribution in [0.1, 0.15) is 83.3 Å². The summed E-state index contributed by atoms with van der Waals surface area (Å²) in [6, 6.07) is 9.49. The maximum atomic E-state index is 13.5. The minimum atomic E-state index is -0.00625. The number of Topliss-reactive ketones (excluding diaryl/α,β-unsaturated/α-hetero) is 1. The largest absolute Gasteiger partial charge is 0.384 e. The molecule has 4 unspecified atom stereocenters. The maximum absolute atomic E-state index is 13.5. The van der Waals surface area contributed by atoms with Gasteiger partial charge in [0.05, 0.1) is 5.92 Å². The Labute approximate surface area is 196 Å². The molecule has 1 aromatic rings. The van der Waals surface area contributed by atoms with E-state index in [2.05, 4.69) is 63.9 Å². The molecule has 0 saturated heterocycles. The molecule has 0 amide bonds. The van der Waals surface area contributed by atoms with E-state index in [1.165, 1.54) is 60.9 Å². The fraction of sp³-hybridized carbons (Fsp3) is 0.633. The van der Waals surface area contributed by atoms with Gasteiger partial charge in [-0.2, -0.15) is 0 Å². The first-order chi connectivity index (χ1) is 15.4. The van der Waals surface area contributed by atoms with Crippen LogP contribution < -0.4 is 5.32 Å². The second-order valence-corrected chi connectivity index (χ2v) is 11.2. The highest BCUT2D eigenvalue weighted by Crippen LogP contribution is 2.48. The van der Waals surface area contributed by atoms with Crippen LogP contribution in [0.2, 0.25) is 0 Å². The molecule has 0 aromatic heterocycles. The first-order valence-corrected chi connectivity index (χ1v) is 13.2. The van der Waals surface area contributed by atoms with E-state index in [1.54, 1.807) is 0 Å². The Morgan fingerprint density at radius 3 is 2.38 bits per heavy atom. The van der Waals surface area contributed by atoms with E-state index >= 15 is 0 Å². The van der Waals surface area contributed by atoms with Crippen LogP contribution in [0.3, 0.4) is 0 Å². The SMILES string of the molecule is C=C1C2=C(NC(CC3CCCCC3)C2Cc2ccc(C)cc2)C(CC(C)C)C(=O)C1CC. The minimum absolute atomic E-state index is 0.00625. The van der Waals surface area contributed by atoms with E-state index in [0.717, 1.165) is 30.8 Å². The predicted molar refractivity (Wildman–Crippen MR) is 134 cm³/mol. The van der Waals surface area contributed by atoms with E-state index in [-0.39, 0.29) is 11.8 Å². The molecule has 1 fully saturated rings. The summed E-state index contributed by atoms with van der Waals surface area (Å²) in [5.41, 5.74) is 6.50. The molecular formula is C30H43NO. The summed E-state index contributed by atoms with van der Waals surface area (Å²) >= 11 is 0. The number of aryl methyl sites for hydroxylation is 1. The van der Waals surface area contributed by atoms with Crippen molar-refractivity contribution in [3.8, 4) is 0 Å². The molecule has 4 rings (SSSR count). The zero-order valence-corrected chi connectivity index (χ0v) is 20.8. The van der Waals surface area contributed by atoms with Gasteiger partial charge in [0, 0.05) is 23.6 Å². The molecule has 2 aliphatic carbocycles. The fourth-order valence-electron chi connectivity index (χ4n) is 6.60. The molecule has 1 saturated carbocycles. The number of carbonyl (C=O) groups excluding carboxylic acids is 1. The van der Waals surface area contributed by atoms with Crippen molar-refractivity contribution in [3.63, 3.8) is 0 Å². The first-order valence-electron chi connectivity index (χ1n) is 13.2. The summed E-state index contributed by atoms with van der Waals surface area (Å²) in [5, 5.41) is 3.98. The Balaban J connectivity index is 1.69. The van der Waals surface area contributed by atoms with Crippen LogP contribution in [0.15, 0.2) is 47.7 Å². The number of hydrogen-bond acceptors (Lipinski definition) is 2. The van der Waals surface area contributed by atoms with Gasteiger partial charge in [0.15, 0.2) is 0 Å². The van der Waals surface area contributed by atoms with Gasteiger partial charge >= 0.3 is 0 Å². The Bertz CT molecular complexity index is 855. The lowest BCUT2D eigenvalue weighted by molar-refractivity contribution is -0.125. The maximum Gasteiger partial charge on any atom is 0.149 e. The van der Waals surface area contributed by atoms with Crippen LogP contribution in [-0.4, -0.2) is 11.8 Å². The highest BCUT2D eigenvalue weighted by Gasteiger charge is 2.47. The van der Waals surface area contributed by atoms with Gasteiger partial charge in [-0.25, -0.2) is 0 Å². The summed E-state index contributed by atoms with van der Waals surface area (Å²) in [7, 11) is 0. The molecule has 32 heavy (non-hydrogen) atoms. The number of hydrogen-bond donors (Lipinski definition) is 1. The fourth-order valence-corrected chi connectivity index (χ4v) is 6.60. The van der Waals surface area contributed by atoms with Gasteiger partial charge in [-0.15, -0.1) is 0 Å². The van der Waals surface area contributed by atoms with Crippen LogP contribution >= 0.6 is 0 Å². The number of rotatable bonds is 7. The lowest BCUT2D eigenvalue weighted by Gasteiger charge is -2.33. The standard InChI is InChI=1S/C30H43NO/c1-6-24-21(5)28-25(17-23-14-12-20(4)13-15-23)27(18-22-10-8-7-9-11-22)31-29(28)26(30(24)32)16-19(2)3/h12-15,19,22,24-27,31H,5-11,16-18H2,1-4H3. The van der Waals surface area contributed by atoms with Crippen molar-refractivity contribution in [1.29, 1.82) is 0 Å². The van der Waals surface area contributed by atoms with Crippen LogP contribution in [-0.2, 0) is 11.2 Å². The molecule has 1 N–H and O–H groups in total. The minimum Gasteiger partial charge on any atom is -0.384 e. The molecule has 174 valence electrons. The molecule has 1 heterocycles. The van der Waals surface area contributed by atoms with Gasteiger partial charge in [-0.05, 0) is 61.2 Å². The Morgan fingerprint density at radius 1 is 1.06 bits per heavy atom. The van der Waals surface area contributed by atoms with E-state index in [9.17, 15) is 4.79 Å². The van der Waals surface area contributed by atoms with Gasteiger partial charge in [-0.1, -0.05) is 89.3 Å². The Morgan fingerprint density at radius 2 is 1.75 bits per heavy atom. The van der Waals surface area contributed by atoms with Crippen molar-refractivity contribution in [2.24, 2.45) is 29.6 Å². The summed E-state index contributed by atoms with van der Waals surface area (Å²) in [5.74, 6) is 2.18. The van der Waals surface area contributed by atoms with Gasteiger partial charge < -0.3 is 5.32 Å².